The van der Waals surface area contributed by atoms with Crippen LogP contribution in [0, 0.1) is 0 Å². The third-order valence-corrected chi connectivity index (χ3v) is 4.94. The molecule has 2 amide bonds. The fourth-order valence-electron chi connectivity index (χ4n) is 2.79. The first-order valence-corrected chi connectivity index (χ1v) is 8.64. The van der Waals surface area contributed by atoms with E-state index < -0.39 is 6.04 Å². The van der Waals surface area contributed by atoms with E-state index in [0.29, 0.717) is 19.6 Å². The van der Waals surface area contributed by atoms with Gasteiger partial charge in [-0.15, -0.1) is 11.3 Å². The Balaban J connectivity index is 1.64. The normalized spacial score (nSPS) is 16.7. The zero-order valence-electron chi connectivity index (χ0n) is 13.5. The lowest BCUT2D eigenvalue weighted by Gasteiger charge is -2.33. The summed E-state index contributed by atoms with van der Waals surface area (Å²) in [6.07, 6.45) is 4.15. The molecule has 0 spiro atoms. The molecule has 3 heterocycles. The smallest absolute Gasteiger partial charge is 0.248 e. The molecular formula is C16H20N4O3S. The third-order valence-electron chi connectivity index (χ3n) is 4.00. The summed E-state index contributed by atoms with van der Waals surface area (Å²) in [5, 5.41) is 4.99. The highest BCUT2D eigenvalue weighted by atomic mass is 32.1. The second-order valence-electron chi connectivity index (χ2n) is 5.64. The molecule has 0 fully saturated rings. The van der Waals surface area contributed by atoms with Crippen molar-refractivity contribution in [3.05, 3.63) is 40.6 Å². The predicted octanol–water partition coefficient (Wildman–Crippen LogP) is 0.833. The van der Waals surface area contributed by atoms with E-state index in [1.807, 2.05) is 16.0 Å². The fourth-order valence-corrected chi connectivity index (χ4v) is 3.50. The number of ether oxygens (including phenoxy) is 1. The minimum Gasteiger partial charge on any atom is -0.375 e. The van der Waals surface area contributed by atoms with Crippen LogP contribution in [0.5, 0.6) is 0 Å². The summed E-state index contributed by atoms with van der Waals surface area (Å²) in [5.41, 5.74) is 0.851. The number of hydrogen-bond acceptors (Lipinski definition) is 5. The molecular weight excluding hydrogens is 328 g/mol. The number of nitrogens with one attached hydrogen (secondary N) is 1. The molecule has 2 aromatic rings. The van der Waals surface area contributed by atoms with Gasteiger partial charge in [-0.2, -0.15) is 0 Å². The molecule has 1 aliphatic rings. The Morgan fingerprint density at radius 1 is 1.50 bits per heavy atom. The number of thiophene rings is 1. The van der Waals surface area contributed by atoms with Gasteiger partial charge in [0, 0.05) is 24.7 Å². The van der Waals surface area contributed by atoms with Gasteiger partial charge < -0.3 is 19.5 Å². The summed E-state index contributed by atoms with van der Waals surface area (Å²) >= 11 is 1.68. The van der Waals surface area contributed by atoms with E-state index in [2.05, 4.69) is 16.4 Å². The van der Waals surface area contributed by atoms with E-state index in [0.717, 1.165) is 12.1 Å². The minimum atomic E-state index is -0.458. The van der Waals surface area contributed by atoms with Crippen LogP contribution in [0.15, 0.2) is 30.0 Å². The Morgan fingerprint density at radius 3 is 3.12 bits per heavy atom. The molecule has 0 aliphatic carbocycles. The number of methoxy groups -OCH3 is 1. The first kappa shape index (κ1) is 16.7. The van der Waals surface area contributed by atoms with Gasteiger partial charge in [0.1, 0.15) is 12.6 Å². The topological polar surface area (TPSA) is 76.5 Å². The molecule has 0 radical (unpaired) electrons. The number of hydrogen-bond donors (Lipinski definition) is 1. The quantitative estimate of drug-likeness (QED) is 0.839. The Bertz CT molecular complexity index is 698. The lowest BCUT2D eigenvalue weighted by atomic mass is 10.1. The van der Waals surface area contributed by atoms with Crippen LogP contribution >= 0.6 is 11.3 Å². The number of amides is 2. The van der Waals surface area contributed by atoms with Crippen LogP contribution in [-0.2, 0) is 27.3 Å². The number of carbonyl (C=O) groups is 2. The van der Waals surface area contributed by atoms with Gasteiger partial charge in [0.05, 0.1) is 25.1 Å². The first-order chi connectivity index (χ1) is 11.7. The zero-order valence-corrected chi connectivity index (χ0v) is 14.3. The largest absolute Gasteiger partial charge is 0.375 e. The summed E-state index contributed by atoms with van der Waals surface area (Å²) in [6.45, 7) is 1.37. The Kier molecular flexibility index (Phi) is 5.27. The van der Waals surface area contributed by atoms with E-state index in [-0.39, 0.29) is 18.4 Å². The Labute approximate surface area is 144 Å². The van der Waals surface area contributed by atoms with E-state index in [1.165, 1.54) is 12.0 Å². The molecule has 0 saturated heterocycles. The number of fused-ring (bicyclic) bond motifs is 1. The van der Waals surface area contributed by atoms with Gasteiger partial charge in [0.2, 0.25) is 11.8 Å². The maximum atomic E-state index is 12.6. The van der Waals surface area contributed by atoms with Crippen molar-refractivity contribution in [3.63, 3.8) is 0 Å². The number of nitrogens with zero attached hydrogens (tertiary/aromatic N) is 3. The number of imidazole rings is 1. The molecule has 0 unspecified atom stereocenters. The van der Waals surface area contributed by atoms with Crippen molar-refractivity contribution in [1.29, 1.82) is 0 Å². The van der Waals surface area contributed by atoms with Crippen molar-refractivity contribution < 1.29 is 14.3 Å². The summed E-state index contributed by atoms with van der Waals surface area (Å²) < 4.78 is 6.76. The summed E-state index contributed by atoms with van der Waals surface area (Å²) in [7, 11) is 1.49. The fraction of sp³-hybridized carbons (Fsp3) is 0.438. The second-order valence-corrected chi connectivity index (χ2v) is 6.67. The van der Waals surface area contributed by atoms with E-state index in [1.54, 1.807) is 28.8 Å². The molecule has 0 saturated carbocycles. The van der Waals surface area contributed by atoms with Crippen molar-refractivity contribution in [2.45, 2.75) is 19.0 Å². The molecule has 8 heteroatoms. The monoisotopic (exact) mass is 348 g/mol. The SMILES string of the molecule is COCC(=O)N1Cc2cncn2[C@@H](C(=O)NCCc2cccs2)C1. The van der Waals surface area contributed by atoms with Gasteiger partial charge in [0.25, 0.3) is 0 Å². The molecule has 0 aromatic carbocycles. The molecule has 1 aliphatic heterocycles. The number of carbonyl (C=O) groups excluding carboxylic acids is 2. The predicted molar refractivity (Wildman–Crippen MR) is 89.6 cm³/mol. The van der Waals surface area contributed by atoms with E-state index >= 15 is 0 Å². The average molecular weight is 348 g/mol. The van der Waals surface area contributed by atoms with Crippen LogP contribution in [0.3, 0.4) is 0 Å². The van der Waals surface area contributed by atoms with E-state index in [4.69, 9.17) is 4.74 Å². The standard InChI is InChI=1S/C16H20N4O3S/c1-23-10-15(21)19-8-12-7-17-11-20(12)14(9-19)16(22)18-5-4-13-3-2-6-24-13/h2-3,6-7,11,14H,4-5,8-10H2,1H3,(H,18,22)/t14-/m1/s1. The van der Waals surface area contributed by atoms with Gasteiger partial charge in [0.15, 0.2) is 0 Å². The molecule has 2 aromatic heterocycles. The van der Waals surface area contributed by atoms with Crippen LogP contribution in [0.4, 0.5) is 0 Å². The highest BCUT2D eigenvalue weighted by Crippen LogP contribution is 2.21. The van der Waals surface area contributed by atoms with E-state index in [9.17, 15) is 9.59 Å². The molecule has 24 heavy (non-hydrogen) atoms. The van der Waals surface area contributed by atoms with Crippen molar-refractivity contribution in [2.75, 3.05) is 26.8 Å². The lowest BCUT2D eigenvalue weighted by Crippen LogP contribution is -2.47. The van der Waals surface area contributed by atoms with Gasteiger partial charge >= 0.3 is 0 Å². The highest BCUT2D eigenvalue weighted by Gasteiger charge is 2.32. The molecule has 1 N–H and O–H groups in total. The van der Waals surface area contributed by atoms with Crippen molar-refractivity contribution in [3.8, 4) is 0 Å². The lowest BCUT2D eigenvalue weighted by molar-refractivity contribution is -0.138. The molecule has 3 rings (SSSR count). The van der Waals surface area contributed by atoms with Crippen molar-refractivity contribution >= 4 is 23.2 Å². The third kappa shape index (κ3) is 3.65. The van der Waals surface area contributed by atoms with Crippen LogP contribution in [-0.4, -0.2) is 53.1 Å². The van der Waals surface area contributed by atoms with Crippen LogP contribution in [0.2, 0.25) is 0 Å². The number of rotatable bonds is 6. The Hall–Kier alpha value is -2.19. The van der Waals surface area contributed by atoms with Gasteiger partial charge in [-0.1, -0.05) is 6.07 Å². The van der Waals surface area contributed by atoms with Gasteiger partial charge in [-0.25, -0.2) is 4.98 Å². The molecule has 0 bridgehead atoms. The molecule has 128 valence electrons. The first-order valence-electron chi connectivity index (χ1n) is 7.76. The minimum absolute atomic E-state index is 0.0147. The summed E-state index contributed by atoms with van der Waals surface area (Å²) in [5.74, 6) is -0.220. The maximum absolute atomic E-state index is 12.6. The summed E-state index contributed by atoms with van der Waals surface area (Å²) in [4.78, 5) is 31.7. The zero-order chi connectivity index (χ0) is 16.9. The van der Waals surface area contributed by atoms with Crippen LogP contribution < -0.4 is 5.32 Å². The molecule has 1 atom stereocenters. The highest BCUT2D eigenvalue weighted by molar-refractivity contribution is 7.09. The Morgan fingerprint density at radius 2 is 2.38 bits per heavy atom. The van der Waals surface area contributed by atoms with Crippen molar-refractivity contribution in [1.82, 2.24) is 19.8 Å². The summed E-state index contributed by atoms with van der Waals surface area (Å²) in [6, 6.07) is 3.59. The maximum Gasteiger partial charge on any atom is 0.248 e. The van der Waals surface area contributed by atoms with Gasteiger partial charge in [-0.05, 0) is 17.9 Å². The van der Waals surface area contributed by atoms with Gasteiger partial charge in [-0.3, -0.25) is 9.59 Å². The van der Waals surface area contributed by atoms with Crippen LogP contribution in [0.25, 0.3) is 0 Å². The second kappa shape index (κ2) is 7.59. The molecule has 7 nitrogen and oxygen atoms in total. The van der Waals surface area contributed by atoms with Crippen molar-refractivity contribution in [2.24, 2.45) is 0 Å². The number of aromatic nitrogens is 2. The average Bonchev–Trinajstić information content (AvgIpc) is 3.25. The van der Waals surface area contributed by atoms with Crippen LogP contribution in [0.1, 0.15) is 16.6 Å².